The summed E-state index contributed by atoms with van der Waals surface area (Å²) in [4.78, 5) is 24.8. The van der Waals surface area contributed by atoms with E-state index < -0.39 is 0 Å². The summed E-state index contributed by atoms with van der Waals surface area (Å²) in [6.45, 7) is 1.92. The number of amides is 1. The predicted molar refractivity (Wildman–Crippen MR) is 99.6 cm³/mol. The minimum Gasteiger partial charge on any atom is -0.340 e. The summed E-state index contributed by atoms with van der Waals surface area (Å²) in [6, 6.07) is 9.48. The summed E-state index contributed by atoms with van der Waals surface area (Å²) in [7, 11) is 0. The summed E-state index contributed by atoms with van der Waals surface area (Å²) in [5.41, 5.74) is 1.70. The molecule has 0 spiro atoms. The van der Waals surface area contributed by atoms with Crippen molar-refractivity contribution in [1.82, 2.24) is 19.5 Å². The van der Waals surface area contributed by atoms with Crippen LogP contribution in [0.3, 0.4) is 0 Å². The van der Waals surface area contributed by atoms with Gasteiger partial charge in [0.1, 0.15) is 23.8 Å². The molecule has 7 heteroatoms. The Balaban J connectivity index is 1.44. The lowest BCUT2D eigenvalue weighted by Crippen LogP contribution is -2.27. The molecule has 0 bridgehead atoms. The van der Waals surface area contributed by atoms with Gasteiger partial charge in [-0.05, 0) is 44.0 Å². The van der Waals surface area contributed by atoms with E-state index in [2.05, 4.69) is 25.6 Å². The van der Waals surface area contributed by atoms with E-state index in [4.69, 9.17) is 0 Å². The fourth-order valence-electron chi connectivity index (χ4n) is 2.87. The van der Waals surface area contributed by atoms with E-state index in [9.17, 15) is 4.79 Å². The number of carbonyl (C=O) groups excluding carboxylic acids is 1. The fourth-order valence-corrected chi connectivity index (χ4v) is 2.87. The van der Waals surface area contributed by atoms with Crippen molar-refractivity contribution < 1.29 is 4.79 Å². The molecule has 0 aliphatic heterocycles. The van der Waals surface area contributed by atoms with Crippen LogP contribution in [0.25, 0.3) is 5.82 Å². The SMILES string of the molecule is Cc1nccn1-c1cc(Nc2ccc(NC(=O)C3CCC3)cc2)ncn1. The van der Waals surface area contributed by atoms with Gasteiger partial charge in [0.05, 0.1) is 0 Å². The number of nitrogens with zero attached hydrogens (tertiary/aromatic N) is 4. The van der Waals surface area contributed by atoms with Gasteiger partial charge in [-0.3, -0.25) is 9.36 Å². The highest BCUT2D eigenvalue weighted by atomic mass is 16.1. The number of aryl methyl sites for hydroxylation is 1. The fraction of sp³-hybridized carbons (Fsp3) is 0.263. The Morgan fingerprint density at radius 1 is 1.12 bits per heavy atom. The van der Waals surface area contributed by atoms with E-state index in [-0.39, 0.29) is 11.8 Å². The van der Waals surface area contributed by atoms with Crippen LogP contribution in [0.4, 0.5) is 17.2 Å². The first-order valence-corrected chi connectivity index (χ1v) is 8.69. The highest BCUT2D eigenvalue weighted by Gasteiger charge is 2.24. The maximum Gasteiger partial charge on any atom is 0.227 e. The van der Waals surface area contributed by atoms with E-state index in [1.54, 1.807) is 6.20 Å². The van der Waals surface area contributed by atoms with Crippen molar-refractivity contribution in [2.45, 2.75) is 26.2 Å². The molecule has 0 saturated heterocycles. The predicted octanol–water partition coefficient (Wildman–Crippen LogP) is 3.45. The second kappa shape index (κ2) is 6.95. The summed E-state index contributed by atoms with van der Waals surface area (Å²) < 4.78 is 1.89. The van der Waals surface area contributed by atoms with E-state index in [0.717, 1.165) is 42.3 Å². The third-order valence-electron chi connectivity index (χ3n) is 4.63. The number of nitrogens with one attached hydrogen (secondary N) is 2. The monoisotopic (exact) mass is 348 g/mol. The van der Waals surface area contributed by atoms with E-state index in [1.165, 1.54) is 6.33 Å². The molecule has 0 radical (unpaired) electrons. The zero-order valence-electron chi connectivity index (χ0n) is 14.5. The van der Waals surface area contributed by atoms with Crippen LogP contribution in [-0.2, 0) is 4.79 Å². The molecule has 0 atom stereocenters. The van der Waals surface area contributed by atoms with Gasteiger partial charge in [-0.2, -0.15) is 0 Å². The Labute approximate surface area is 151 Å². The molecule has 132 valence electrons. The Morgan fingerprint density at radius 3 is 2.54 bits per heavy atom. The number of benzene rings is 1. The third kappa shape index (κ3) is 3.42. The number of anilines is 3. The van der Waals surface area contributed by atoms with Gasteiger partial charge >= 0.3 is 0 Å². The topological polar surface area (TPSA) is 84.7 Å². The van der Waals surface area contributed by atoms with Crippen LogP contribution in [0.5, 0.6) is 0 Å². The summed E-state index contributed by atoms with van der Waals surface area (Å²) in [6.07, 6.45) is 8.27. The molecule has 2 aromatic heterocycles. The smallest absolute Gasteiger partial charge is 0.227 e. The Hall–Kier alpha value is -3.22. The Kier molecular flexibility index (Phi) is 4.35. The van der Waals surface area contributed by atoms with Gasteiger partial charge in [0, 0.05) is 35.8 Å². The van der Waals surface area contributed by atoms with Gasteiger partial charge in [-0.1, -0.05) is 6.42 Å². The first kappa shape index (κ1) is 16.3. The molecule has 3 aromatic rings. The minimum atomic E-state index is 0.119. The van der Waals surface area contributed by atoms with Crippen LogP contribution < -0.4 is 10.6 Å². The summed E-state index contributed by atoms with van der Waals surface area (Å²) in [5, 5.41) is 6.22. The lowest BCUT2D eigenvalue weighted by molar-refractivity contribution is -0.122. The van der Waals surface area contributed by atoms with Gasteiger partial charge in [0.25, 0.3) is 0 Å². The Bertz CT molecular complexity index is 914. The molecule has 1 aliphatic carbocycles. The van der Waals surface area contributed by atoms with Crippen molar-refractivity contribution in [2.24, 2.45) is 5.92 Å². The van der Waals surface area contributed by atoms with Gasteiger partial charge in [0.15, 0.2) is 0 Å². The van der Waals surface area contributed by atoms with Crippen LogP contribution in [0.15, 0.2) is 49.1 Å². The van der Waals surface area contributed by atoms with Crippen LogP contribution in [-0.4, -0.2) is 25.4 Å². The highest BCUT2D eigenvalue weighted by molar-refractivity contribution is 5.93. The average molecular weight is 348 g/mol. The van der Waals surface area contributed by atoms with Crippen LogP contribution in [0.1, 0.15) is 25.1 Å². The normalized spacial score (nSPS) is 13.9. The Morgan fingerprint density at radius 2 is 1.88 bits per heavy atom. The quantitative estimate of drug-likeness (QED) is 0.738. The van der Waals surface area contributed by atoms with E-state index in [0.29, 0.717) is 5.82 Å². The van der Waals surface area contributed by atoms with Gasteiger partial charge < -0.3 is 10.6 Å². The highest BCUT2D eigenvalue weighted by Crippen LogP contribution is 2.28. The standard InChI is InChI=1S/C19H20N6O/c1-13-20-9-10-25(13)18-11-17(21-12-22-18)23-15-5-7-16(8-6-15)24-19(26)14-3-2-4-14/h5-12,14H,2-4H2,1H3,(H,24,26)(H,21,22,23). The van der Waals surface area contributed by atoms with Crippen molar-refractivity contribution >= 4 is 23.1 Å². The molecule has 1 aromatic carbocycles. The zero-order valence-corrected chi connectivity index (χ0v) is 14.5. The lowest BCUT2D eigenvalue weighted by Gasteiger charge is -2.24. The molecule has 1 aliphatic rings. The third-order valence-corrected chi connectivity index (χ3v) is 4.63. The van der Waals surface area contributed by atoms with Crippen LogP contribution in [0.2, 0.25) is 0 Å². The van der Waals surface area contributed by atoms with Crippen molar-refractivity contribution in [2.75, 3.05) is 10.6 Å². The number of carbonyl (C=O) groups is 1. The molecule has 26 heavy (non-hydrogen) atoms. The number of hydrogen-bond acceptors (Lipinski definition) is 5. The van der Waals surface area contributed by atoms with Gasteiger partial charge in [-0.25, -0.2) is 15.0 Å². The number of rotatable bonds is 5. The van der Waals surface area contributed by atoms with E-state index >= 15 is 0 Å². The second-order valence-electron chi connectivity index (χ2n) is 6.43. The van der Waals surface area contributed by atoms with Crippen LogP contribution in [0, 0.1) is 12.8 Å². The first-order chi connectivity index (χ1) is 12.7. The van der Waals surface area contributed by atoms with Crippen molar-refractivity contribution in [1.29, 1.82) is 0 Å². The molecule has 1 amide bonds. The van der Waals surface area contributed by atoms with Crippen LogP contribution >= 0.6 is 0 Å². The van der Waals surface area contributed by atoms with Gasteiger partial charge in [-0.15, -0.1) is 0 Å². The summed E-state index contributed by atoms with van der Waals surface area (Å²) >= 11 is 0. The zero-order chi connectivity index (χ0) is 17.9. The van der Waals surface area contributed by atoms with Crippen molar-refractivity contribution in [3.8, 4) is 5.82 Å². The first-order valence-electron chi connectivity index (χ1n) is 8.69. The van der Waals surface area contributed by atoms with Gasteiger partial charge in [0.2, 0.25) is 5.91 Å². The largest absolute Gasteiger partial charge is 0.340 e. The second-order valence-corrected chi connectivity index (χ2v) is 6.43. The number of hydrogen-bond donors (Lipinski definition) is 2. The molecule has 7 nitrogen and oxygen atoms in total. The lowest BCUT2D eigenvalue weighted by atomic mass is 9.85. The summed E-state index contributed by atoms with van der Waals surface area (Å²) in [5.74, 6) is 2.60. The molecule has 2 N–H and O–H groups in total. The number of aromatic nitrogens is 4. The molecule has 1 saturated carbocycles. The molecular weight excluding hydrogens is 328 g/mol. The van der Waals surface area contributed by atoms with Crippen molar-refractivity contribution in [3.63, 3.8) is 0 Å². The maximum absolute atomic E-state index is 12.0. The number of imidazole rings is 1. The molecule has 4 rings (SSSR count). The van der Waals surface area contributed by atoms with Crippen molar-refractivity contribution in [3.05, 3.63) is 54.9 Å². The molecular formula is C19H20N6O. The molecule has 0 unspecified atom stereocenters. The minimum absolute atomic E-state index is 0.119. The van der Waals surface area contributed by atoms with E-state index in [1.807, 2.05) is 48.0 Å². The maximum atomic E-state index is 12.0. The molecule has 1 fully saturated rings. The molecule has 2 heterocycles. The average Bonchev–Trinajstić information content (AvgIpc) is 3.01.